The lowest BCUT2D eigenvalue weighted by atomic mass is 9.91. The number of hydrogen-bond donors (Lipinski definition) is 1. The number of nitrogens with two attached hydrogens (primary N) is 1. The van der Waals surface area contributed by atoms with Crippen LogP contribution in [0.4, 0.5) is 26.3 Å². The molecule has 2 N–H and O–H groups in total. The number of aromatic nitrogens is 2. The maximum absolute atomic E-state index is 14.3. The van der Waals surface area contributed by atoms with E-state index >= 15 is 0 Å². The number of imidazole rings is 1. The van der Waals surface area contributed by atoms with Gasteiger partial charge in [-0.3, -0.25) is 9.59 Å². The highest BCUT2D eigenvalue weighted by Gasteiger charge is 2.58. The molecule has 0 aliphatic carbocycles. The molecule has 1 amide bonds. The molecule has 1 aromatic heterocycles. The molecule has 1 atom stereocenters. The largest absolute Gasteiger partial charge is 0.495 e. The van der Waals surface area contributed by atoms with E-state index in [0.717, 1.165) is 16.5 Å². The third-order valence-electron chi connectivity index (χ3n) is 8.64. The second-order valence-electron chi connectivity index (χ2n) is 12.2. The van der Waals surface area contributed by atoms with Crippen molar-refractivity contribution in [3.05, 3.63) is 118 Å². The summed E-state index contributed by atoms with van der Waals surface area (Å²) in [5.41, 5.74) is 7.59. The van der Waals surface area contributed by atoms with E-state index in [1.807, 2.05) is 0 Å². The van der Waals surface area contributed by atoms with E-state index < -0.39 is 60.6 Å². The molecule has 0 saturated carbocycles. The fourth-order valence-corrected chi connectivity index (χ4v) is 5.78. The number of rotatable bonds is 10. The molecule has 0 unspecified atom stereocenters. The maximum Gasteiger partial charge on any atom is 0.491 e. The van der Waals surface area contributed by atoms with E-state index in [-0.39, 0.29) is 29.2 Å². The Bertz CT molecular complexity index is 2060. The fourth-order valence-electron chi connectivity index (χ4n) is 5.78. The molecule has 1 aliphatic heterocycles. The summed E-state index contributed by atoms with van der Waals surface area (Å²) < 4.78 is 97.4. The van der Waals surface area contributed by atoms with Gasteiger partial charge in [0.1, 0.15) is 11.3 Å². The van der Waals surface area contributed by atoms with Crippen LogP contribution in [0.5, 0.6) is 5.75 Å². The third kappa shape index (κ3) is 8.30. The molecule has 1 fully saturated rings. The third-order valence-corrected chi connectivity index (χ3v) is 8.64. The number of amides is 1. The lowest BCUT2D eigenvalue weighted by Gasteiger charge is -2.43. The van der Waals surface area contributed by atoms with Gasteiger partial charge in [-0.2, -0.15) is 26.3 Å². The number of nitrogens with zero attached hydrogens (tertiary/aromatic N) is 3. The first-order valence-corrected chi connectivity index (χ1v) is 16.1. The first-order valence-electron chi connectivity index (χ1n) is 16.1. The molecule has 0 radical (unpaired) electrons. The van der Waals surface area contributed by atoms with Gasteiger partial charge in [0.25, 0.3) is 11.7 Å². The predicted molar refractivity (Wildman–Crippen MR) is 179 cm³/mol. The number of carbonyl (C=O) groups excluding carboxylic acids is 4. The Hall–Kier alpha value is -5.97. The first kappa shape index (κ1) is 39.2. The normalized spacial score (nSPS) is 15.9. The van der Waals surface area contributed by atoms with Gasteiger partial charge in [0, 0.05) is 36.8 Å². The van der Waals surface area contributed by atoms with Crippen molar-refractivity contribution in [1.82, 2.24) is 14.5 Å². The highest BCUT2D eigenvalue weighted by atomic mass is 19.4. The van der Waals surface area contributed by atoms with Crippen molar-refractivity contribution in [3.8, 4) is 11.4 Å². The van der Waals surface area contributed by atoms with Gasteiger partial charge in [-0.05, 0) is 48.7 Å². The van der Waals surface area contributed by atoms with Crippen molar-refractivity contribution in [2.24, 2.45) is 5.73 Å². The van der Waals surface area contributed by atoms with Gasteiger partial charge in [-0.25, -0.2) is 14.6 Å². The van der Waals surface area contributed by atoms with E-state index in [9.17, 15) is 45.5 Å². The summed E-state index contributed by atoms with van der Waals surface area (Å²) in [6.07, 6.45) is -8.55. The molecular weight excluding hydrogens is 726 g/mol. The van der Waals surface area contributed by atoms with Crippen LogP contribution in [0.25, 0.3) is 11.8 Å². The Kier molecular flexibility index (Phi) is 11.0. The molecule has 3 aromatic carbocycles. The summed E-state index contributed by atoms with van der Waals surface area (Å²) in [5, 5.41) is 0. The molecule has 11 nitrogen and oxygen atoms in total. The van der Waals surface area contributed by atoms with Crippen LogP contribution >= 0.6 is 0 Å². The molecule has 5 rings (SSSR count). The Labute approximate surface area is 303 Å². The quantitative estimate of drug-likeness (QED) is 0.0661. The number of ether oxygens (including phenoxy) is 3. The first-order chi connectivity index (χ1) is 25.4. The molecule has 17 heteroatoms. The fraction of sp³-hybridized carbons (Fsp3) is 0.270. The van der Waals surface area contributed by atoms with E-state index in [0.29, 0.717) is 22.5 Å². The molecule has 0 spiro atoms. The lowest BCUT2D eigenvalue weighted by molar-refractivity contribution is -0.266. The second-order valence-corrected chi connectivity index (χ2v) is 12.2. The zero-order valence-electron chi connectivity index (χ0n) is 28.8. The minimum Gasteiger partial charge on any atom is -0.495 e. The van der Waals surface area contributed by atoms with Crippen LogP contribution < -0.4 is 10.5 Å². The van der Waals surface area contributed by atoms with Gasteiger partial charge in [-0.15, -0.1) is 0 Å². The zero-order chi connectivity index (χ0) is 39.6. The SMILES string of the molecule is COc1cc(/C=C2/C(=O)N([C@@H](C)c3ccc(C(=O)c4ccc(CN)cc4)cc3)CCC2(OC(=O)C(F)(F)F)OC(=O)C(F)(F)F)ccc1-n1cnc(C)c1. The van der Waals surface area contributed by atoms with Gasteiger partial charge in [0.15, 0.2) is 5.78 Å². The Morgan fingerprint density at radius 1 is 0.926 bits per heavy atom. The molecule has 0 bridgehead atoms. The number of esters is 2. The lowest BCUT2D eigenvalue weighted by Crippen LogP contribution is -2.56. The molecule has 1 saturated heterocycles. The summed E-state index contributed by atoms with van der Waals surface area (Å²) in [6.45, 7) is 2.91. The van der Waals surface area contributed by atoms with Crippen molar-refractivity contribution in [1.29, 1.82) is 0 Å². The topological polar surface area (TPSA) is 143 Å². The summed E-state index contributed by atoms with van der Waals surface area (Å²) in [5.74, 6) is -10.9. The van der Waals surface area contributed by atoms with E-state index in [4.69, 9.17) is 10.5 Å². The predicted octanol–water partition coefficient (Wildman–Crippen LogP) is 6.16. The van der Waals surface area contributed by atoms with Crippen molar-refractivity contribution >= 4 is 29.7 Å². The van der Waals surface area contributed by atoms with Crippen molar-refractivity contribution < 1.29 is 59.7 Å². The van der Waals surface area contributed by atoms with Gasteiger partial charge < -0.3 is 29.4 Å². The van der Waals surface area contributed by atoms with Crippen LogP contribution in [-0.4, -0.2) is 69.9 Å². The number of aryl methyl sites for hydroxylation is 1. The number of methoxy groups -OCH3 is 1. The number of alkyl halides is 6. The number of ketones is 1. The number of carbonyl (C=O) groups is 4. The van der Waals surface area contributed by atoms with Gasteiger partial charge in [0.05, 0.1) is 30.9 Å². The highest BCUT2D eigenvalue weighted by Crippen LogP contribution is 2.41. The Morgan fingerprint density at radius 2 is 1.50 bits per heavy atom. The maximum atomic E-state index is 14.3. The minimum atomic E-state index is -5.75. The second kappa shape index (κ2) is 15.2. The van der Waals surface area contributed by atoms with Crippen LogP contribution in [0.15, 0.2) is 84.8 Å². The Morgan fingerprint density at radius 3 is 2.00 bits per heavy atom. The Balaban J connectivity index is 1.57. The number of piperidine rings is 1. The van der Waals surface area contributed by atoms with E-state index in [1.54, 1.807) is 42.0 Å². The molecule has 2 heterocycles. The summed E-state index contributed by atoms with van der Waals surface area (Å²) >= 11 is 0. The van der Waals surface area contributed by atoms with Crippen LogP contribution in [-0.2, 0) is 30.4 Å². The molecule has 4 aromatic rings. The minimum absolute atomic E-state index is 0.0110. The summed E-state index contributed by atoms with van der Waals surface area (Å²) in [6, 6.07) is 15.9. The molecular formula is C37H32F6N4O7. The van der Waals surface area contributed by atoms with Gasteiger partial charge >= 0.3 is 24.3 Å². The monoisotopic (exact) mass is 758 g/mol. The molecule has 284 valence electrons. The van der Waals surface area contributed by atoms with Crippen LogP contribution in [0.2, 0.25) is 0 Å². The standard InChI is InChI=1S/C37H32F6N4O7/c1-21-19-46(20-45-21)29-13-6-24(17-30(29)52-3)16-28-32(49)47(15-14-35(28,53-33(50)36(38,39)40)54-34(51)37(41,42)43)22(2)25-9-11-27(12-10-25)31(48)26-7-4-23(18-44)5-8-26/h4-13,16-17,19-20,22H,14-15,18,44H2,1-3H3/b28-16-/t22-/m0/s1. The zero-order valence-corrected chi connectivity index (χ0v) is 28.8. The average Bonchev–Trinajstić information content (AvgIpc) is 3.57. The average molecular weight is 759 g/mol. The van der Waals surface area contributed by atoms with Crippen LogP contribution in [0.1, 0.15) is 57.7 Å². The van der Waals surface area contributed by atoms with Crippen molar-refractivity contribution in [2.75, 3.05) is 13.7 Å². The van der Waals surface area contributed by atoms with Crippen molar-refractivity contribution in [2.45, 2.75) is 51.0 Å². The van der Waals surface area contributed by atoms with Crippen molar-refractivity contribution in [3.63, 3.8) is 0 Å². The highest BCUT2D eigenvalue weighted by molar-refractivity contribution is 6.09. The van der Waals surface area contributed by atoms with Gasteiger partial charge in [-0.1, -0.05) is 54.6 Å². The van der Waals surface area contributed by atoms with E-state index in [1.165, 1.54) is 62.8 Å². The number of hydrogen-bond acceptors (Lipinski definition) is 9. The van der Waals surface area contributed by atoms with Crippen LogP contribution in [0.3, 0.4) is 0 Å². The summed E-state index contributed by atoms with van der Waals surface area (Å²) in [4.78, 5) is 57.0. The number of benzene rings is 3. The van der Waals surface area contributed by atoms with Gasteiger partial charge in [0.2, 0.25) is 0 Å². The van der Waals surface area contributed by atoms with Crippen LogP contribution in [0, 0.1) is 6.92 Å². The number of likely N-dealkylation sites (tertiary alicyclic amines) is 1. The molecule has 54 heavy (non-hydrogen) atoms. The molecule has 1 aliphatic rings. The summed E-state index contributed by atoms with van der Waals surface area (Å²) in [7, 11) is 1.30. The van der Waals surface area contributed by atoms with E-state index in [2.05, 4.69) is 14.5 Å². The smallest absolute Gasteiger partial charge is 0.491 e. The number of halogens is 6.